The molecule has 0 bridgehead atoms. The summed E-state index contributed by atoms with van der Waals surface area (Å²) in [7, 11) is 0. The van der Waals surface area contributed by atoms with Crippen LogP contribution in [-0.2, 0) is 28.3 Å². The van der Waals surface area contributed by atoms with Crippen molar-refractivity contribution in [1.82, 2.24) is 10.2 Å². The van der Waals surface area contributed by atoms with Gasteiger partial charge < -0.3 is 10.2 Å². The largest absolute Gasteiger partial charge is 0.352 e. The first-order valence-corrected chi connectivity index (χ1v) is 14.7. The van der Waals surface area contributed by atoms with Crippen LogP contribution in [0.1, 0.15) is 42.4 Å². The molecule has 1 aliphatic rings. The third-order valence-corrected chi connectivity index (χ3v) is 8.48. The minimum absolute atomic E-state index is 0.00836. The van der Waals surface area contributed by atoms with E-state index in [1.54, 1.807) is 30.3 Å². The van der Waals surface area contributed by atoms with Crippen LogP contribution in [0.4, 0.5) is 4.39 Å². The molecule has 0 heterocycles. The zero-order chi connectivity index (χ0) is 26.9. The fourth-order valence-electron chi connectivity index (χ4n) is 4.70. The Morgan fingerprint density at radius 1 is 0.947 bits per heavy atom. The summed E-state index contributed by atoms with van der Waals surface area (Å²) in [5.74, 6) is -0.131. The van der Waals surface area contributed by atoms with E-state index in [1.807, 2.05) is 36.4 Å². The second-order valence-electron chi connectivity index (χ2n) is 9.55. The Labute approximate surface area is 237 Å². The van der Waals surface area contributed by atoms with E-state index in [-0.39, 0.29) is 30.2 Å². The first kappa shape index (κ1) is 28.5. The van der Waals surface area contributed by atoms with Gasteiger partial charge >= 0.3 is 0 Å². The van der Waals surface area contributed by atoms with Crippen molar-refractivity contribution in [1.29, 1.82) is 0 Å². The molecule has 38 heavy (non-hydrogen) atoms. The van der Waals surface area contributed by atoms with E-state index in [1.165, 1.54) is 22.7 Å². The molecule has 4 rings (SSSR count). The fraction of sp³-hybridized carbons (Fsp3) is 0.333. The van der Waals surface area contributed by atoms with Crippen LogP contribution in [0.5, 0.6) is 0 Å². The van der Waals surface area contributed by atoms with Gasteiger partial charge in [-0.3, -0.25) is 9.59 Å². The quantitative estimate of drug-likeness (QED) is 0.267. The lowest BCUT2D eigenvalue weighted by atomic mass is 10.0. The molecule has 0 aromatic heterocycles. The first-order valence-electron chi connectivity index (χ1n) is 12.8. The second-order valence-corrected chi connectivity index (χ2v) is 11.3. The molecule has 3 aromatic carbocycles. The van der Waals surface area contributed by atoms with E-state index in [9.17, 15) is 14.0 Å². The molecule has 0 radical (unpaired) electrons. The lowest BCUT2D eigenvalue weighted by Crippen LogP contribution is -2.52. The number of carbonyl (C=O) groups is 2. The molecule has 2 amide bonds. The maximum absolute atomic E-state index is 14.7. The molecule has 1 fully saturated rings. The summed E-state index contributed by atoms with van der Waals surface area (Å²) < 4.78 is 14.7. The molecule has 3 aromatic rings. The molecule has 4 nitrogen and oxygen atoms in total. The number of amides is 2. The summed E-state index contributed by atoms with van der Waals surface area (Å²) in [5, 5.41) is 4.11. The monoisotopic (exact) mass is 572 g/mol. The molecule has 1 saturated carbocycles. The average molecular weight is 574 g/mol. The Hall–Kier alpha value is -2.54. The smallest absolute Gasteiger partial charge is 0.243 e. The van der Waals surface area contributed by atoms with Crippen LogP contribution in [0, 0.1) is 5.82 Å². The van der Waals surface area contributed by atoms with Crippen molar-refractivity contribution in [2.75, 3.05) is 5.75 Å². The summed E-state index contributed by atoms with van der Waals surface area (Å²) >= 11 is 13.6. The molecule has 0 unspecified atom stereocenters. The van der Waals surface area contributed by atoms with Crippen LogP contribution in [-0.4, -0.2) is 34.6 Å². The third-order valence-electron chi connectivity index (χ3n) is 6.75. The zero-order valence-electron chi connectivity index (χ0n) is 21.0. The number of hydrogen-bond donors (Lipinski definition) is 1. The van der Waals surface area contributed by atoms with Crippen molar-refractivity contribution in [3.63, 3.8) is 0 Å². The Balaban J connectivity index is 1.57. The van der Waals surface area contributed by atoms with Gasteiger partial charge in [0.1, 0.15) is 11.9 Å². The number of rotatable bonds is 11. The van der Waals surface area contributed by atoms with Gasteiger partial charge in [-0.15, -0.1) is 11.8 Å². The Bertz CT molecular complexity index is 1240. The Kier molecular flexibility index (Phi) is 10.5. The molecule has 0 aliphatic heterocycles. The lowest BCUT2D eigenvalue weighted by molar-refractivity contribution is -0.139. The number of halogens is 3. The van der Waals surface area contributed by atoms with E-state index in [2.05, 4.69) is 5.32 Å². The van der Waals surface area contributed by atoms with Crippen LogP contribution >= 0.6 is 35.0 Å². The van der Waals surface area contributed by atoms with E-state index < -0.39 is 11.9 Å². The minimum Gasteiger partial charge on any atom is -0.352 e. The van der Waals surface area contributed by atoms with Crippen LogP contribution in [0.2, 0.25) is 10.0 Å². The number of benzene rings is 3. The van der Waals surface area contributed by atoms with E-state index in [0.717, 1.165) is 36.8 Å². The SMILES string of the molecule is O=C(NC1CCCC1)[C@@H](Cc1ccccc1)N(Cc1ccccc1F)C(=O)CSCc1ccc(Cl)c(Cl)c1. The molecule has 0 saturated heterocycles. The van der Waals surface area contributed by atoms with Crippen LogP contribution in [0.25, 0.3) is 0 Å². The van der Waals surface area contributed by atoms with Crippen molar-refractivity contribution >= 4 is 46.8 Å². The highest BCUT2D eigenvalue weighted by atomic mass is 35.5. The zero-order valence-corrected chi connectivity index (χ0v) is 23.4. The molecule has 8 heteroatoms. The standard InChI is InChI=1S/C30H31Cl2FN2O2S/c31-25-15-14-22(16-26(25)32)19-38-20-29(36)35(18-23-10-4-7-13-27(23)33)28(17-21-8-2-1-3-9-21)30(37)34-24-11-5-6-12-24/h1-4,7-10,13-16,24,28H,5-6,11-12,17-20H2,(H,34,37)/t28-/m1/s1. The maximum atomic E-state index is 14.7. The summed E-state index contributed by atoms with van der Waals surface area (Å²) in [6.45, 7) is 0.00836. The van der Waals surface area contributed by atoms with Gasteiger partial charge in [-0.05, 0) is 42.2 Å². The molecule has 1 aliphatic carbocycles. The highest BCUT2D eigenvalue weighted by molar-refractivity contribution is 7.99. The predicted molar refractivity (Wildman–Crippen MR) is 154 cm³/mol. The fourth-order valence-corrected chi connectivity index (χ4v) is 5.88. The Morgan fingerprint density at radius 2 is 1.66 bits per heavy atom. The molecule has 1 atom stereocenters. The van der Waals surface area contributed by atoms with Crippen LogP contribution in [0.3, 0.4) is 0 Å². The highest BCUT2D eigenvalue weighted by Crippen LogP contribution is 2.26. The number of thioether (sulfide) groups is 1. The van der Waals surface area contributed by atoms with Gasteiger partial charge in [0, 0.05) is 30.3 Å². The van der Waals surface area contributed by atoms with Crippen molar-refractivity contribution in [3.05, 3.63) is 105 Å². The Morgan fingerprint density at radius 3 is 2.37 bits per heavy atom. The number of hydrogen-bond acceptors (Lipinski definition) is 3. The van der Waals surface area contributed by atoms with Gasteiger partial charge in [-0.25, -0.2) is 4.39 Å². The van der Waals surface area contributed by atoms with Gasteiger partial charge in [0.05, 0.1) is 15.8 Å². The highest BCUT2D eigenvalue weighted by Gasteiger charge is 2.32. The topological polar surface area (TPSA) is 49.4 Å². The van der Waals surface area contributed by atoms with Crippen molar-refractivity contribution < 1.29 is 14.0 Å². The molecular weight excluding hydrogens is 542 g/mol. The van der Waals surface area contributed by atoms with Crippen LogP contribution < -0.4 is 5.32 Å². The predicted octanol–water partition coefficient (Wildman–Crippen LogP) is 7.06. The average Bonchev–Trinajstić information content (AvgIpc) is 3.42. The summed E-state index contributed by atoms with van der Waals surface area (Å²) in [6.07, 6.45) is 4.38. The molecular formula is C30H31Cl2FN2O2S. The van der Waals surface area contributed by atoms with E-state index in [0.29, 0.717) is 27.8 Å². The number of nitrogens with zero attached hydrogens (tertiary/aromatic N) is 1. The third kappa shape index (κ3) is 7.98. The van der Waals surface area contributed by atoms with Gasteiger partial charge in [-0.2, -0.15) is 0 Å². The van der Waals surface area contributed by atoms with Crippen molar-refractivity contribution in [2.24, 2.45) is 0 Å². The van der Waals surface area contributed by atoms with Crippen molar-refractivity contribution in [3.8, 4) is 0 Å². The molecule has 0 spiro atoms. The van der Waals surface area contributed by atoms with E-state index >= 15 is 0 Å². The maximum Gasteiger partial charge on any atom is 0.243 e. The number of carbonyl (C=O) groups excluding carboxylic acids is 2. The van der Waals surface area contributed by atoms with Gasteiger partial charge in [0.15, 0.2) is 0 Å². The number of nitrogens with one attached hydrogen (secondary N) is 1. The van der Waals surface area contributed by atoms with Crippen LogP contribution in [0.15, 0.2) is 72.8 Å². The normalized spacial score (nSPS) is 14.3. The van der Waals surface area contributed by atoms with Gasteiger partial charge in [0.2, 0.25) is 11.8 Å². The van der Waals surface area contributed by atoms with E-state index in [4.69, 9.17) is 23.2 Å². The summed E-state index contributed by atoms with van der Waals surface area (Å²) in [5.41, 5.74) is 2.26. The summed E-state index contributed by atoms with van der Waals surface area (Å²) in [4.78, 5) is 28.9. The minimum atomic E-state index is -0.768. The van der Waals surface area contributed by atoms with Crippen molar-refractivity contribution in [2.45, 2.75) is 56.5 Å². The lowest BCUT2D eigenvalue weighted by Gasteiger charge is -2.32. The second kappa shape index (κ2) is 14.0. The molecule has 1 N–H and O–H groups in total. The van der Waals surface area contributed by atoms with Gasteiger partial charge in [-0.1, -0.05) is 90.6 Å². The van der Waals surface area contributed by atoms with Gasteiger partial charge in [0.25, 0.3) is 0 Å². The molecule has 200 valence electrons. The first-order chi connectivity index (χ1) is 18.4. The summed E-state index contributed by atoms with van der Waals surface area (Å²) in [6, 6.07) is 20.8.